The van der Waals surface area contributed by atoms with Crippen LogP contribution in [0.1, 0.15) is 43.4 Å². The smallest absolute Gasteiger partial charge is 0.142 e. The summed E-state index contributed by atoms with van der Waals surface area (Å²) in [5.74, 6) is 0.784. The van der Waals surface area contributed by atoms with Crippen molar-refractivity contribution >= 4 is 5.82 Å². The highest BCUT2D eigenvalue weighted by Gasteiger charge is 2.14. The standard InChI is InChI=1S/C14H22N4O/c1-11-13(10-15)14(18(2)17-11)16-8-9-19-12-6-4-3-5-7-12/h12,16H,3-9H2,1-2H3. The predicted octanol–water partition coefficient (Wildman–Crippen LogP) is 2.36. The van der Waals surface area contributed by atoms with Crippen LogP contribution in [-0.4, -0.2) is 29.0 Å². The van der Waals surface area contributed by atoms with Crippen molar-refractivity contribution in [2.75, 3.05) is 18.5 Å². The molecule has 19 heavy (non-hydrogen) atoms. The van der Waals surface area contributed by atoms with E-state index in [1.165, 1.54) is 32.1 Å². The maximum Gasteiger partial charge on any atom is 0.142 e. The number of anilines is 1. The van der Waals surface area contributed by atoms with Crippen LogP contribution in [0, 0.1) is 18.3 Å². The van der Waals surface area contributed by atoms with Crippen molar-refractivity contribution in [1.82, 2.24) is 9.78 Å². The second-order valence-corrected chi connectivity index (χ2v) is 5.10. The Hall–Kier alpha value is -1.54. The second kappa shape index (κ2) is 6.58. The van der Waals surface area contributed by atoms with E-state index in [2.05, 4.69) is 16.5 Å². The summed E-state index contributed by atoms with van der Waals surface area (Å²) in [4.78, 5) is 0. The van der Waals surface area contributed by atoms with Gasteiger partial charge in [-0.15, -0.1) is 0 Å². The molecule has 0 aromatic carbocycles. The molecule has 1 saturated carbocycles. The number of hydrogen-bond donors (Lipinski definition) is 1. The van der Waals surface area contributed by atoms with Crippen LogP contribution in [0.3, 0.4) is 0 Å². The van der Waals surface area contributed by atoms with Gasteiger partial charge in [-0.1, -0.05) is 19.3 Å². The fourth-order valence-electron chi connectivity index (χ4n) is 2.62. The zero-order valence-electron chi connectivity index (χ0n) is 11.8. The van der Waals surface area contributed by atoms with Crippen molar-refractivity contribution in [3.05, 3.63) is 11.3 Å². The van der Waals surface area contributed by atoms with Gasteiger partial charge in [0.1, 0.15) is 17.5 Å². The minimum atomic E-state index is 0.430. The van der Waals surface area contributed by atoms with Gasteiger partial charge in [0.2, 0.25) is 0 Å². The van der Waals surface area contributed by atoms with Gasteiger partial charge in [0, 0.05) is 13.6 Å². The number of nitrogens with zero attached hydrogens (tertiary/aromatic N) is 3. The Bertz CT molecular complexity index is 455. The lowest BCUT2D eigenvalue weighted by molar-refractivity contribution is 0.0347. The average molecular weight is 262 g/mol. The van der Waals surface area contributed by atoms with Crippen LogP contribution in [0.5, 0.6) is 0 Å². The summed E-state index contributed by atoms with van der Waals surface area (Å²) in [7, 11) is 1.85. The number of rotatable bonds is 5. The molecule has 1 heterocycles. The Morgan fingerprint density at radius 2 is 2.16 bits per heavy atom. The zero-order valence-corrected chi connectivity index (χ0v) is 11.8. The summed E-state index contributed by atoms with van der Waals surface area (Å²) in [6.45, 7) is 3.24. The average Bonchev–Trinajstić information content (AvgIpc) is 2.70. The van der Waals surface area contributed by atoms with E-state index >= 15 is 0 Å². The van der Waals surface area contributed by atoms with Crippen LogP contribution in [0.2, 0.25) is 0 Å². The number of nitriles is 1. The van der Waals surface area contributed by atoms with Crippen LogP contribution >= 0.6 is 0 Å². The van der Waals surface area contributed by atoms with Crippen molar-refractivity contribution in [3.8, 4) is 6.07 Å². The van der Waals surface area contributed by atoms with Crippen LogP contribution in [0.15, 0.2) is 0 Å². The monoisotopic (exact) mass is 262 g/mol. The fourth-order valence-corrected chi connectivity index (χ4v) is 2.62. The highest BCUT2D eigenvalue weighted by atomic mass is 16.5. The van der Waals surface area contributed by atoms with Crippen LogP contribution in [-0.2, 0) is 11.8 Å². The molecule has 0 atom stereocenters. The topological polar surface area (TPSA) is 62.9 Å². The minimum absolute atomic E-state index is 0.430. The first kappa shape index (κ1) is 13.9. The molecule has 104 valence electrons. The maximum atomic E-state index is 9.10. The third kappa shape index (κ3) is 3.48. The van der Waals surface area contributed by atoms with Gasteiger partial charge in [-0.25, -0.2) is 0 Å². The molecule has 1 N–H and O–H groups in total. The van der Waals surface area contributed by atoms with E-state index in [0.29, 0.717) is 24.8 Å². The summed E-state index contributed by atoms with van der Waals surface area (Å²) in [5, 5.41) is 16.6. The lowest BCUT2D eigenvalue weighted by Crippen LogP contribution is -2.21. The zero-order chi connectivity index (χ0) is 13.7. The molecule has 0 unspecified atom stereocenters. The number of aromatic nitrogens is 2. The van der Waals surface area contributed by atoms with Gasteiger partial charge < -0.3 is 10.1 Å². The van der Waals surface area contributed by atoms with Gasteiger partial charge in [-0.3, -0.25) is 4.68 Å². The Morgan fingerprint density at radius 3 is 2.84 bits per heavy atom. The number of hydrogen-bond acceptors (Lipinski definition) is 4. The first-order valence-corrected chi connectivity index (χ1v) is 7.01. The summed E-state index contributed by atoms with van der Waals surface area (Å²) in [6, 6.07) is 2.19. The molecular formula is C14H22N4O. The molecule has 0 radical (unpaired) electrons. The highest BCUT2D eigenvalue weighted by molar-refractivity contribution is 5.54. The summed E-state index contributed by atoms with van der Waals surface area (Å²) < 4.78 is 7.57. The molecule has 5 nitrogen and oxygen atoms in total. The van der Waals surface area contributed by atoms with Crippen LogP contribution in [0.4, 0.5) is 5.82 Å². The summed E-state index contributed by atoms with van der Waals surface area (Å²) in [5.41, 5.74) is 1.39. The van der Waals surface area contributed by atoms with E-state index < -0.39 is 0 Å². The molecule has 2 rings (SSSR count). The molecule has 1 aliphatic carbocycles. The first-order chi connectivity index (χ1) is 9.22. The van der Waals surface area contributed by atoms with E-state index in [1.54, 1.807) is 4.68 Å². The number of ether oxygens (including phenoxy) is 1. The molecule has 0 saturated heterocycles. The lowest BCUT2D eigenvalue weighted by Gasteiger charge is -2.22. The van der Waals surface area contributed by atoms with E-state index in [0.717, 1.165) is 11.5 Å². The van der Waals surface area contributed by atoms with Gasteiger partial charge in [0.25, 0.3) is 0 Å². The van der Waals surface area contributed by atoms with Gasteiger partial charge in [-0.05, 0) is 19.8 Å². The fraction of sp³-hybridized carbons (Fsp3) is 0.714. The van der Waals surface area contributed by atoms with Crippen LogP contribution < -0.4 is 5.32 Å². The SMILES string of the molecule is Cc1nn(C)c(NCCOC2CCCCC2)c1C#N. The predicted molar refractivity (Wildman–Crippen MR) is 74.0 cm³/mol. The van der Waals surface area contributed by atoms with Crippen molar-refractivity contribution in [2.45, 2.75) is 45.1 Å². The Kier molecular flexibility index (Phi) is 4.80. The highest BCUT2D eigenvalue weighted by Crippen LogP contribution is 2.20. The molecule has 1 aromatic heterocycles. The minimum Gasteiger partial charge on any atom is -0.376 e. The molecule has 0 aliphatic heterocycles. The van der Waals surface area contributed by atoms with Crippen molar-refractivity contribution in [2.24, 2.45) is 7.05 Å². The lowest BCUT2D eigenvalue weighted by atomic mass is 9.98. The second-order valence-electron chi connectivity index (χ2n) is 5.10. The third-order valence-corrected chi connectivity index (χ3v) is 3.63. The van der Waals surface area contributed by atoms with Crippen molar-refractivity contribution < 1.29 is 4.74 Å². The largest absolute Gasteiger partial charge is 0.376 e. The maximum absolute atomic E-state index is 9.10. The van der Waals surface area contributed by atoms with E-state index in [-0.39, 0.29) is 0 Å². The van der Waals surface area contributed by atoms with Gasteiger partial charge in [-0.2, -0.15) is 10.4 Å². The Balaban J connectivity index is 1.78. The molecule has 1 aromatic rings. The van der Waals surface area contributed by atoms with E-state index in [4.69, 9.17) is 10.00 Å². The van der Waals surface area contributed by atoms with E-state index in [1.807, 2.05) is 14.0 Å². The van der Waals surface area contributed by atoms with Gasteiger partial charge >= 0.3 is 0 Å². The summed E-state index contributed by atoms with van der Waals surface area (Å²) in [6.07, 6.45) is 6.73. The molecule has 0 amide bonds. The third-order valence-electron chi connectivity index (χ3n) is 3.63. The molecule has 0 spiro atoms. The van der Waals surface area contributed by atoms with Crippen LogP contribution in [0.25, 0.3) is 0 Å². The van der Waals surface area contributed by atoms with Crippen molar-refractivity contribution in [1.29, 1.82) is 5.26 Å². The number of nitrogens with one attached hydrogen (secondary N) is 1. The quantitative estimate of drug-likeness (QED) is 0.827. The van der Waals surface area contributed by atoms with Gasteiger partial charge in [0.05, 0.1) is 18.4 Å². The molecular weight excluding hydrogens is 240 g/mol. The van der Waals surface area contributed by atoms with E-state index in [9.17, 15) is 0 Å². The van der Waals surface area contributed by atoms with Gasteiger partial charge in [0.15, 0.2) is 0 Å². The van der Waals surface area contributed by atoms with Crippen molar-refractivity contribution in [3.63, 3.8) is 0 Å². The Morgan fingerprint density at radius 1 is 1.42 bits per heavy atom. The first-order valence-electron chi connectivity index (χ1n) is 7.01. The summed E-state index contributed by atoms with van der Waals surface area (Å²) >= 11 is 0. The molecule has 0 bridgehead atoms. The Labute approximate surface area is 114 Å². The molecule has 5 heteroatoms. The molecule has 1 aliphatic rings. The normalized spacial score (nSPS) is 16.3. The molecule has 1 fully saturated rings. The number of aryl methyl sites for hydroxylation is 2.